The Balaban J connectivity index is 2.53. The minimum Gasteiger partial charge on any atom is -0.493 e. The molecule has 0 amide bonds. The van der Waals surface area contributed by atoms with Gasteiger partial charge in [-0.05, 0) is 35.7 Å². The second-order valence-corrected chi connectivity index (χ2v) is 5.10. The number of ether oxygens (including phenoxy) is 2. The molecule has 3 N–H and O–H groups in total. The molecule has 0 radical (unpaired) electrons. The first-order valence-corrected chi connectivity index (χ1v) is 6.93. The monoisotopic (exact) mass is 306 g/mol. The van der Waals surface area contributed by atoms with E-state index in [2.05, 4.69) is 5.43 Å². The summed E-state index contributed by atoms with van der Waals surface area (Å²) in [7, 11) is 3.14. The van der Waals surface area contributed by atoms with Crippen molar-refractivity contribution in [2.45, 2.75) is 13.0 Å². The molecule has 5 heteroatoms. The van der Waals surface area contributed by atoms with Gasteiger partial charge in [0.15, 0.2) is 11.5 Å². The number of aryl methyl sites for hydroxylation is 1. The Morgan fingerprint density at radius 1 is 1.14 bits per heavy atom. The van der Waals surface area contributed by atoms with Gasteiger partial charge < -0.3 is 9.47 Å². The lowest BCUT2D eigenvalue weighted by atomic mass is 9.95. The number of hydrogen-bond acceptors (Lipinski definition) is 4. The Morgan fingerprint density at radius 3 is 2.43 bits per heavy atom. The fourth-order valence-electron chi connectivity index (χ4n) is 2.38. The molecule has 0 aliphatic carbocycles. The van der Waals surface area contributed by atoms with E-state index in [9.17, 15) is 0 Å². The number of rotatable bonds is 5. The van der Waals surface area contributed by atoms with E-state index in [0.717, 1.165) is 16.7 Å². The van der Waals surface area contributed by atoms with Gasteiger partial charge in [0.25, 0.3) is 0 Å². The Bertz CT molecular complexity index is 632. The van der Waals surface area contributed by atoms with Gasteiger partial charge in [-0.15, -0.1) is 0 Å². The third-order valence-electron chi connectivity index (χ3n) is 3.46. The van der Waals surface area contributed by atoms with Gasteiger partial charge in [-0.25, -0.2) is 5.43 Å². The first-order valence-electron chi connectivity index (χ1n) is 6.55. The highest BCUT2D eigenvalue weighted by Crippen LogP contribution is 2.39. The van der Waals surface area contributed by atoms with E-state index in [4.69, 9.17) is 26.9 Å². The summed E-state index contributed by atoms with van der Waals surface area (Å²) < 4.78 is 10.6. The molecule has 0 heterocycles. The summed E-state index contributed by atoms with van der Waals surface area (Å²) in [4.78, 5) is 0. The lowest BCUT2D eigenvalue weighted by Gasteiger charge is -2.21. The van der Waals surface area contributed by atoms with E-state index in [1.165, 1.54) is 0 Å². The summed E-state index contributed by atoms with van der Waals surface area (Å²) >= 11 is 6.27. The van der Waals surface area contributed by atoms with Crippen molar-refractivity contribution < 1.29 is 9.47 Å². The van der Waals surface area contributed by atoms with Gasteiger partial charge in [-0.3, -0.25) is 5.84 Å². The predicted octanol–water partition coefficient (Wildman–Crippen LogP) is 3.22. The van der Waals surface area contributed by atoms with E-state index in [1.54, 1.807) is 14.2 Å². The highest BCUT2D eigenvalue weighted by Gasteiger charge is 2.19. The van der Waals surface area contributed by atoms with Crippen molar-refractivity contribution in [2.24, 2.45) is 5.84 Å². The molecule has 0 bridgehead atoms. The zero-order chi connectivity index (χ0) is 15.4. The molecular formula is C16H19ClN2O2. The Hall–Kier alpha value is -1.75. The highest BCUT2D eigenvalue weighted by molar-refractivity contribution is 6.32. The average Bonchev–Trinajstić information content (AvgIpc) is 2.49. The van der Waals surface area contributed by atoms with Crippen molar-refractivity contribution in [2.75, 3.05) is 14.2 Å². The largest absolute Gasteiger partial charge is 0.493 e. The molecule has 0 aliphatic heterocycles. The van der Waals surface area contributed by atoms with Gasteiger partial charge in [0.2, 0.25) is 0 Å². The maximum Gasteiger partial charge on any atom is 0.179 e. The first-order chi connectivity index (χ1) is 10.1. The minimum atomic E-state index is -0.177. The summed E-state index contributed by atoms with van der Waals surface area (Å²) in [5.74, 6) is 6.85. The van der Waals surface area contributed by atoms with Crippen molar-refractivity contribution in [1.29, 1.82) is 0 Å². The number of hydrogen-bond donors (Lipinski definition) is 2. The van der Waals surface area contributed by atoms with Gasteiger partial charge in [-0.1, -0.05) is 35.9 Å². The number of benzene rings is 2. The van der Waals surface area contributed by atoms with Crippen LogP contribution < -0.4 is 20.7 Å². The molecule has 0 aromatic heterocycles. The Labute approximate surface area is 129 Å². The standard InChI is InChI=1S/C16H19ClN2O2/c1-10-6-4-5-7-12(10)15(19-18)11-8-13(17)16(21-3)14(9-11)20-2/h4-9,15,19H,18H2,1-3H3. The van der Waals surface area contributed by atoms with Crippen LogP contribution in [0.2, 0.25) is 5.02 Å². The van der Waals surface area contributed by atoms with Crippen LogP contribution in [0.5, 0.6) is 11.5 Å². The smallest absolute Gasteiger partial charge is 0.179 e. The molecule has 0 aliphatic rings. The summed E-state index contributed by atoms with van der Waals surface area (Å²) in [6, 6.07) is 11.6. The quantitative estimate of drug-likeness (QED) is 0.658. The van der Waals surface area contributed by atoms with Crippen LogP contribution in [-0.4, -0.2) is 14.2 Å². The number of halogens is 1. The molecule has 2 aromatic rings. The van der Waals surface area contributed by atoms with Crippen LogP contribution >= 0.6 is 11.6 Å². The molecule has 2 aromatic carbocycles. The maximum atomic E-state index is 6.27. The van der Waals surface area contributed by atoms with E-state index in [0.29, 0.717) is 16.5 Å². The van der Waals surface area contributed by atoms with Gasteiger partial charge >= 0.3 is 0 Å². The molecule has 0 saturated heterocycles. The lowest BCUT2D eigenvalue weighted by molar-refractivity contribution is 0.354. The normalized spacial score (nSPS) is 12.0. The van der Waals surface area contributed by atoms with Crippen LogP contribution in [0.15, 0.2) is 36.4 Å². The Morgan fingerprint density at radius 2 is 1.86 bits per heavy atom. The maximum absolute atomic E-state index is 6.27. The molecular weight excluding hydrogens is 288 g/mol. The van der Waals surface area contributed by atoms with Crippen molar-refractivity contribution in [1.82, 2.24) is 5.43 Å². The van der Waals surface area contributed by atoms with E-state index in [1.807, 2.05) is 43.3 Å². The van der Waals surface area contributed by atoms with Crippen LogP contribution in [0, 0.1) is 6.92 Å². The second-order valence-electron chi connectivity index (χ2n) is 4.69. The van der Waals surface area contributed by atoms with E-state index >= 15 is 0 Å². The van der Waals surface area contributed by atoms with Crippen LogP contribution in [-0.2, 0) is 0 Å². The Kier molecular flexibility index (Phi) is 5.07. The highest BCUT2D eigenvalue weighted by atomic mass is 35.5. The van der Waals surface area contributed by atoms with Gasteiger partial charge in [0, 0.05) is 0 Å². The molecule has 0 saturated carbocycles. The number of methoxy groups -OCH3 is 2. The van der Waals surface area contributed by atoms with Crippen molar-refractivity contribution in [3.63, 3.8) is 0 Å². The third kappa shape index (κ3) is 3.13. The van der Waals surface area contributed by atoms with Crippen LogP contribution in [0.1, 0.15) is 22.7 Å². The second kappa shape index (κ2) is 6.80. The molecule has 0 fully saturated rings. The number of nitrogens with one attached hydrogen (secondary N) is 1. The number of hydrazine groups is 1. The lowest BCUT2D eigenvalue weighted by Crippen LogP contribution is -2.29. The summed E-state index contributed by atoms with van der Waals surface area (Å²) in [5.41, 5.74) is 5.98. The fourth-order valence-corrected chi connectivity index (χ4v) is 2.68. The van der Waals surface area contributed by atoms with E-state index in [-0.39, 0.29) is 6.04 Å². The third-order valence-corrected chi connectivity index (χ3v) is 3.74. The van der Waals surface area contributed by atoms with Crippen molar-refractivity contribution in [3.8, 4) is 11.5 Å². The topological polar surface area (TPSA) is 56.5 Å². The molecule has 21 heavy (non-hydrogen) atoms. The van der Waals surface area contributed by atoms with E-state index < -0.39 is 0 Å². The average molecular weight is 307 g/mol. The zero-order valence-electron chi connectivity index (χ0n) is 12.3. The minimum absolute atomic E-state index is 0.177. The summed E-state index contributed by atoms with van der Waals surface area (Å²) in [6.45, 7) is 2.04. The van der Waals surface area contributed by atoms with Crippen LogP contribution in [0.4, 0.5) is 0 Å². The van der Waals surface area contributed by atoms with Gasteiger partial charge in [0.05, 0.1) is 25.3 Å². The summed E-state index contributed by atoms with van der Waals surface area (Å²) in [5, 5.41) is 0.487. The molecule has 2 rings (SSSR count). The molecule has 1 unspecified atom stereocenters. The number of nitrogens with two attached hydrogens (primary N) is 1. The molecule has 1 atom stereocenters. The zero-order valence-corrected chi connectivity index (χ0v) is 13.1. The predicted molar refractivity (Wildman–Crippen MR) is 84.9 cm³/mol. The van der Waals surface area contributed by atoms with Gasteiger partial charge in [0.1, 0.15) is 0 Å². The van der Waals surface area contributed by atoms with Crippen LogP contribution in [0.25, 0.3) is 0 Å². The molecule has 0 spiro atoms. The first kappa shape index (κ1) is 15.6. The van der Waals surface area contributed by atoms with Crippen molar-refractivity contribution in [3.05, 3.63) is 58.1 Å². The SMILES string of the molecule is COc1cc(C(NN)c2ccccc2C)cc(Cl)c1OC. The summed E-state index contributed by atoms with van der Waals surface area (Å²) in [6.07, 6.45) is 0. The van der Waals surface area contributed by atoms with Gasteiger partial charge in [-0.2, -0.15) is 0 Å². The van der Waals surface area contributed by atoms with Crippen molar-refractivity contribution >= 4 is 11.6 Å². The molecule has 4 nitrogen and oxygen atoms in total. The fraction of sp³-hybridized carbons (Fsp3) is 0.250. The van der Waals surface area contributed by atoms with Crippen LogP contribution in [0.3, 0.4) is 0 Å². The molecule has 112 valence electrons.